The van der Waals surface area contributed by atoms with Crippen LogP contribution in [0, 0.1) is 0 Å². The average molecular weight is 1210 g/mol. The molecule has 6 nitrogen and oxygen atoms in total. The molecule has 0 bridgehead atoms. The van der Waals surface area contributed by atoms with E-state index in [0.717, 1.165) is 44.9 Å². The van der Waals surface area contributed by atoms with Crippen LogP contribution in [0.5, 0.6) is 0 Å². The van der Waals surface area contributed by atoms with Crippen LogP contribution in [0.2, 0.25) is 0 Å². The van der Waals surface area contributed by atoms with Crippen LogP contribution in [0.4, 0.5) is 0 Å². The van der Waals surface area contributed by atoms with Crippen molar-refractivity contribution in [2.24, 2.45) is 0 Å². The van der Waals surface area contributed by atoms with Gasteiger partial charge in [0.25, 0.3) is 0 Å². The highest BCUT2D eigenvalue weighted by Gasteiger charge is 2.20. The van der Waals surface area contributed by atoms with Gasteiger partial charge in [-0.25, -0.2) is 0 Å². The average Bonchev–Trinajstić information content (AvgIpc) is 3.54. The summed E-state index contributed by atoms with van der Waals surface area (Å²) in [5.74, 6) is -0.0117. The predicted octanol–water partition coefficient (Wildman–Crippen LogP) is 26.0. The van der Waals surface area contributed by atoms with E-state index < -0.39 is 12.1 Å². The Morgan fingerprint density at radius 2 is 0.547 bits per heavy atom. The molecule has 510 valence electrons. The van der Waals surface area contributed by atoms with Crippen molar-refractivity contribution in [2.45, 2.75) is 463 Å². The third kappa shape index (κ3) is 71.4. The van der Waals surface area contributed by atoms with Crippen LogP contribution in [0.1, 0.15) is 450 Å². The summed E-state index contributed by atoms with van der Waals surface area (Å²) in [7, 11) is 0. The first kappa shape index (κ1) is 84.3. The van der Waals surface area contributed by atoms with Gasteiger partial charge in [0.1, 0.15) is 0 Å². The molecule has 0 heterocycles. The largest absolute Gasteiger partial charge is 0.466 e. The zero-order valence-corrected chi connectivity index (χ0v) is 58.6. The van der Waals surface area contributed by atoms with Crippen LogP contribution >= 0.6 is 0 Å². The topological polar surface area (TPSA) is 95.9 Å². The van der Waals surface area contributed by atoms with Gasteiger partial charge in [-0.05, 0) is 77.0 Å². The summed E-state index contributed by atoms with van der Waals surface area (Å²) in [6.07, 6.45) is 97.1. The summed E-state index contributed by atoms with van der Waals surface area (Å²) in [5, 5.41) is 23.4. The van der Waals surface area contributed by atoms with Gasteiger partial charge >= 0.3 is 5.97 Å². The van der Waals surface area contributed by atoms with Crippen molar-refractivity contribution >= 4 is 11.9 Å². The molecule has 0 aliphatic rings. The monoisotopic (exact) mass is 1210 g/mol. The predicted molar refractivity (Wildman–Crippen MR) is 380 cm³/mol. The summed E-state index contributed by atoms with van der Waals surface area (Å²) < 4.78 is 5.50. The maximum Gasteiger partial charge on any atom is 0.305 e. The van der Waals surface area contributed by atoms with Gasteiger partial charge in [-0.2, -0.15) is 0 Å². The lowest BCUT2D eigenvalue weighted by atomic mass is 10.0. The summed E-state index contributed by atoms with van der Waals surface area (Å²) in [6, 6.07) is -0.537. The molecule has 1 amide bonds. The van der Waals surface area contributed by atoms with E-state index in [2.05, 4.69) is 43.5 Å². The number of esters is 1. The highest BCUT2D eigenvalue weighted by molar-refractivity contribution is 5.76. The van der Waals surface area contributed by atoms with Crippen molar-refractivity contribution in [3.05, 3.63) is 24.3 Å². The molecule has 0 aliphatic carbocycles. The number of carbonyl (C=O) groups is 2. The molecule has 0 aromatic carbocycles. The molecule has 0 aromatic heterocycles. The number of aliphatic hydroxyl groups excluding tert-OH is 2. The van der Waals surface area contributed by atoms with Gasteiger partial charge in [0.15, 0.2) is 0 Å². The third-order valence-electron chi connectivity index (χ3n) is 18.7. The zero-order valence-electron chi connectivity index (χ0n) is 58.6. The fourth-order valence-corrected chi connectivity index (χ4v) is 12.7. The normalized spacial score (nSPS) is 12.6. The number of hydrogen-bond acceptors (Lipinski definition) is 5. The lowest BCUT2D eigenvalue weighted by molar-refractivity contribution is -0.143. The van der Waals surface area contributed by atoms with E-state index in [1.807, 2.05) is 0 Å². The van der Waals surface area contributed by atoms with Crippen molar-refractivity contribution in [3.63, 3.8) is 0 Å². The van der Waals surface area contributed by atoms with Gasteiger partial charge in [0.05, 0.1) is 25.4 Å². The van der Waals surface area contributed by atoms with Crippen molar-refractivity contribution < 1.29 is 24.5 Å². The molecular weight excluding hydrogens is 1050 g/mol. The summed E-state index contributed by atoms with van der Waals surface area (Å²) in [4.78, 5) is 24.6. The minimum atomic E-state index is -0.661. The van der Waals surface area contributed by atoms with E-state index in [-0.39, 0.29) is 18.5 Å². The second-order valence-electron chi connectivity index (χ2n) is 27.4. The fourth-order valence-electron chi connectivity index (χ4n) is 12.7. The van der Waals surface area contributed by atoms with Gasteiger partial charge in [-0.3, -0.25) is 9.59 Å². The lowest BCUT2D eigenvalue weighted by Gasteiger charge is -2.22. The molecule has 0 aromatic rings. The molecule has 2 atom stereocenters. The Hall–Kier alpha value is -1.66. The maximum absolute atomic E-state index is 12.5. The second-order valence-corrected chi connectivity index (χ2v) is 27.4. The maximum atomic E-state index is 12.5. The van der Waals surface area contributed by atoms with Crippen LogP contribution in [0.3, 0.4) is 0 Å². The summed E-state index contributed by atoms with van der Waals surface area (Å²) >= 11 is 0. The fraction of sp³-hybridized carbons (Fsp3) is 0.925. The minimum Gasteiger partial charge on any atom is -0.466 e. The molecular formula is C80H155NO5. The second kappa shape index (κ2) is 75.8. The van der Waals surface area contributed by atoms with Crippen molar-refractivity contribution in [2.75, 3.05) is 13.2 Å². The number of carbonyl (C=O) groups excluding carboxylic acids is 2. The van der Waals surface area contributed by atoms with E-state index in [1.165, 1.54) is 372 Å². The smallest absolute Gasteiger partial charge is 0.305 e. The van der Waals surface area contributed by atoms with E-state index in [9.17, 15) is 19.8 Å². The first-order valence-electron chi connectivity index (χ1n) is 39.6. The molecule has 0 rings (SSSR count). The third-order valence-corrected chi connectivity index (χ3v) is 18.7. The molecule has 0 aliphatic heterocycles. The summed E-state index contributed by atoms with van der Waals surface area (Å²) in [6.45, 7) is 4.99. The quantitative estimate of drug-likeness (QED) is 0.0320. The molecule has 0 radical (unpaired) electrons. The number of rotatable bonds is 75. The first-order chi connectivity index (χ1) is 42.5. The minimum absolute atomic E-state index is 0.0153. The highest BCUT2D eigenvalue weighted by Crippen LogP contribution is 2.20. The molecule has 0 fully saturated rings. The Labute approximate surface area is 539 Å². The van der Waals surface area contributed by atoms with Crippen LogP contribution in [0.25, 0.3) is 0 Å². The molecule has 0 saturated carbocycles. The number of allylic oxidation sites excluding steroid dienone is 4. The summed E-state index contributed by atoms with van der Waals surface area (Å²) in [5.41, 5.74) is 0. The van der Waals surface area contributed by atoms with Crippen LogP contribution in [-0.2, 0) is 14.3 Å². The molecule has 0 spiro atoms. The van der Waals surface area contributed by atoms with Crippen LogP contribution in [0.15, 0.2) is 24.3 Å². The van der Waals surface area contributed by atoms with Gasteiger partial charge in [-0.15, -0.1) is 0 Å². The highest BCUT2D eigenvalue weighted by atomic mass is 16.5. The molecule has 86 heavy (non-hydrogen) atoms. The number of aliphatic hydroxyl groups is 2. The van der Waals surface area contributed by atoms with Gasteiger partial charge < -0.3 is 20.3 Å². The Bertz CT molecular complexity index is 1350. The van der Waals surface area contributed by atoms with Crippen molar-refractivity contribution in [1.82, 2.24) is 5.32 Å². The first-order valence-corrected chi connectivity index (χ1v) is 39.6. The molecule has 2 unspecified atom stereocenters. The van der Waals surface area contributed by atoms with E-state index in [1.54, 1.807) is 0 Å². The Kier molecular flexibility index (Phi) is 74.3. The number of amides is 1. The van der Waals surface area contributed by atoms with Gasteiger partial charge in [0.2, 0.25) is 5.91 Å². The number of nitrogens with one attached hydrogen (secondary N) is 1. The van der Waals surface area contributed by atoms with E-state index in [0.29, 0.717) is 25.9 Å². The molecule has 6 heteroatoms. The Morgan fingerprint density at radius 1 is 0.314 bits per heavy atom. The Balaban J connectivity index is 3.31. The standard InChI is InChI=1S/C80H155NO5/c1-3-5-7-9-11-13-15-17-44-48-52-56-60-64-68-72-78(83)77(76-82)81-79(84)73-69-65-61-57-53-49-46-42-40-38-36-34-32-30-28-26-24-22-20-19-21-23-25-27-29-31-33-35-37-39-41-43-47-51-55-59-63-67-71-75-86-80(85)74-70-66-62-58-54-50-45-18-16-14-12-10-8-6-4-2/h18-20,45,77-78,82-83H,3-17,21-44,46-76H2,1-2H3,(H,81,84)/b20-19-,45-18-. The number of ether oxygens (including phenoxy) is 1. The zero-order chi connectivity index (χ0) is 62.0. The van der Waals surface area contributed by atoms with Crippen LogP contribution < -0.4 is 5.32 Å². The SMILES string of the molecule is CCCCCCCC/C=C\CCCCCCCC(=O)OCCCCCCCCCCCCCCCCCCCC/C=C\CCCCCCCCCCCCCCCCCCCC(=O)NC(CO)C(O)CCCCCCCCCCCCCCCCC. The van der Waals surface area contributed by atoms with E-state index in [4.69, 9.17) is 4.74 Å². The molecule has 3 N–H and O–H groups in total. The number of hydrogen-bond donors (Lipinski definition) is 3. The molecule has 0 saturated heterocycles. The van der Waals surface area contributed by atoms with Gasteiger partial charge in [0, 0.05) is 12.8 Å². The van der Waals surface area contributed by atoms with Crippen LogP contribution in [-0.4, -0.2) is 47.4 Å². The van der Waals surface area contributed by atoms with Crippen molar-refractivity contribution in [3.8, 4) is 0 Å². The van der Waals surface area contributed by atoms with E-state index >= 15 is 0 Å². The van der Waals surface area contributed by atoms with Gasteiger partial charge in [-0.1, -0.05) is 385 Å². The van der Waals surface area contributed by atoms with Crippen molar-refractivity contribution in [1.29, 1.82) is 0 Å². The Morgan fingerprint density at radius 3 is 0.826 bits per heavy atom. The lowest BCUT2D eigenvalue weighted by Crippen LogP contribution is -2.45. The number of unbranched alkanes of at least 4 members (excludes halogenated alkanes) is 60.